The number of ether oxygens (including phenoxy) is 1. The summed E-state index contributed by atoms with van der Waals surface area (Å²) in [7, 11) is 1.60. The van der Waals surface area contributed by atoms with Gasteiger partial charge < -0.3 is 10.1 Å². The van der Waals surface area contributed by atoms with Gasteiger partial charge in [-0.25, -0.2) is 0 Å². The SMILES string of the molecule is COc1ccccc1NCN1C(=O)[C@@H]2CC[C@@H](C)C[C@H]2C1=O. The molecule has 2 aliphatic rings. The predicted octanol–water partition coefficient (Wildman–Crippen LogP) is 2.49. The van der Waals surface area contributed by atoms with E-state index in [1.807, 2.05) is 24.3 Å². The first-order valence-electron chi connectivity index (χ1n) is 7.84. The molecule has 0 radical (unpaired) electrons. The van der Waals surface area contributed by atoms with Crippen LogP contribution in [0.25, 0.3) is 0 Å². The van der Waals surface area contributed by atoms with E-state index >= 15 is 0 Å². The molecule has 1 N–H and O–H groups in total. The molecule has 22 heavy (non-hydrogen) atoms. The van der Waals surface area contributed by atoms with Crippen LogP contribution in [0.15, 0.2) is 24.3 Å². The highest BCUT2D eigenvalue weighted by Gasteiger charge is 2.49. The van der Waals surface area contributed by atoms with E-state index in [0.29, 0.717) is 11.7 Å². The Hall–Kier alpha value is -2.04. The van der Waals surface area contributed by atoms with Gasteiger partial charge in [-0.15, -0.1) is 0 Å². The van der Waals surface area contributed by atoms with Gasteiger partial charge in [-0.05, 0) is 37.3 Å². The van der Waals surface area contributed by atoms with E-state index in [0.717, 1.165) is 24.9 Å². The third-order valence-corrected chi connectivity index (χ3v) is 4.81. The zero-order valence-electron chi connectivity index (χ0n) is 13.0. The van der Waals surface area contributed by atoms with Crippen LogP contribution in [0.1, 0.15) is 26.2 Å². The fraction of sp³-hybridized carbons (Fsp3) is 0.529. The van der Waals surface area contributed by atoms with Crippen molar-refractivity contribution in [2.45, 2.75) is 26.2 Å². The minimum absolute atomic E-state index is 0.0238. The molecule has 1 aliphatic carbocycles. The Morgan fingerprint density at radius 3 is 2.68 bits per heavy atom. The van der Waals surface area contributed by atoms with Crippen molar-refractivity contribution in [2.75, 3.05) is 19.1 Å². The lowest BCUT2D eigenvalue weighted by atomic mass is 9.76. The molecule has 2 fully saturated rings. The van der Waals surface area contributed by atoms with Gasteiger partial charge in [-0.1, -0.05) is 19.1 Å². The number of likely N-dealkylation sites (tertiary alicyclic amines) is 1. The molecule has 5 nitrogen and oxygen atoms in total. The quantitative estimate of drug-likeness (QED) is 0.868. The molecule has 1 saturated heterocycles. The Bertz CT molecular complexity index is 587. The van der Waals surface area contributed by atoms with E-state index in [4.69, 9.17) is 4.74 Å². The summed E-state index contributed by atoms with van der Waals surface area (Å²) in [4.78, 5) is 26.3. The number of hydrogen-bond acceptors (Lipinski definition) is 4. The van der Waals surface area contributed by atoms with E-state index < -0.39 is 0 Å². The summed E-state index contributed by atoms with van der Waals surface area (Å²) in [6.07, 6.45) is 2.70. The summed E-state index contributed by atoms with van der Waals surface area (Å²) in [5.41, 5.74) is 0.786. The molecule has 1 aromatic carbocycles. The average molecular weight is 302 g/mol. The summed E-state index contributed by atoms with van der Waals surface area (Å²) in [5, 5.41) is 3.15. The van der Waals surface area contributed by atoms with E-state index in [2.05, 4.69) is 12.2 Å². The maximum absolute atomic E-state index is 12.5. The Morgan fingerprint density at radius 2 is 1.91 bits per heavy atom. The van der Waals surface area contributed by atoms with Crippen LogP contribution < -0.4 is 10.1 Å². The molecule has 0 bridgehead atoms. The van der Waals surface area contributed by atoms with Crippen LogP contribution in [0, 0.1) is 17.8 Å². The number of anilines is 1. The Morgan fingerprint density at radius 1 is 1.18 bits per heavy atom. The molecule has 1 heterocycles. The number of nitrogens with one attached hydrogen (secondary N) is 1. The molecule has 0 unspecified atom stereocenters. The van der Waals surface area contributed by atoms with Crippen LogP contribution in [0.5, 0.6) is 5.75 Å². The number of methoxy groups -OCH3 is 1. The fourth-order valence-corrected chi connectivity index (χ4v) is 3.57. The molecule has 0 spiro atoms. The van der Waals surface area contributed by atoms with E-state index in [1.54, 1.807) is 7.11 Å². The number of imide groups is 1. The molecule has 3 rings (SSSR count). The summed E-state index contributed by atoms with van der Waals surface area (Å²) in [5.74, 6) is 0.958. The standard InChI is InChI=1S/C17H22N2O3/c1-11-7-8-12-13(9-11)17(21)19(16(12)20)10-18-14-5-3-4-6-15(14)22-2/h3-6,11-13,18H,7-10H2,1-2H3/t11-,12-,13-/m1/s1. The first-order valence-corrected chi connectivity index (χ1v) is 7.84. The van der Waals surface area contributed by atoms with Gasteiger partial charge in [0.2, 0.25) is 11.8 Å². The minimum Gasteiger partial charge on any atom is -0.495 e. The lowest BCUT2D eigenvalue weighted by Crippen LogP contribution is -2.35. The molecule has 1 aliphatic heterocycles. The number of fused-ring (bicyclic) bond motifs is 1. The number of amides is 2. The van der Waals surface area contributed by atoms with E-state index in [1.165, 1.54) is 4.90 Å². The van der Waals surface area contributed by atoms with Crippen LogP contribution in [-0.4, -0.2) is 30.5 Å². The molecule has 0 aromatic heterocycles. The summed E-state index contributed by atoms with van der Waals surface area (Å²) >= 11 is 0. The summed E-state index contributed by atoms with van der Waals surface area (Å²) in [6.45, 7) is 2.36. The number of rotatable bonds is 4. The first kappa shape index (κ1) is 14.9. The van der Waals surface area contributed by atoms with Gasteiger partial charge in [0.15, 0.2) is 0 Å². The Kier molecular flexibility index (Phi) is 4.05. The van der Waals surface area contributed by atoms with Crippen LogP contribution in [0.4, 0.5) is 5.69 Å². The van der Waals surface area contributed by atoms with E-state index in [-0.39, 0.29) is 30.3 Å². The topological polar surface area (TPSA) is 58.6 Å². The molecular formula is C17H22N2O3. The normalized spacial score (nSPS) is 27.7. The first-order chi connectivity index (χ1) is 10.6. The van der Waals surface area contributed by atoms with Gasteiger partial charge in [-0.3, -0.25) is 14.5 Å². The number of para-hydroxylation sites is 2. The van der Waals surface area contributed by atoms with Crippen molar-refractivity contribution in [3.63, 3.8) is 0 Å². The van der Waals surface area contributed by atoms with Gasteiger partial charge in [0.25, 0.3) is 0 Å². The molecule has 2 amide bonds. The lowest BCUT2D eigenvalue weighted by Gasteiger charge is -2.25. The van der Waals surface area contributed by atoms with Crippen molar-refractivity contribution in [3.05, 3.63) is 24.3 Å². The second-order valence-electron chi connectivity index (χ2n) is 6.27. The molecule has 1 saturated carbocycles. The van der Waals surface area contributed by atoms with Crippen molar-refractivity contribution >= 4 is 17.5 Å². The van der Waals surface area contributed by atoms with Gasteiger partial charge in [0, 0.05) is 0 Å². The zero-order chi connectivity index (χ0) is 15.7. The molecule has 3 atom stereocenters. The van der Waals surface area contributed by atoms with Crippen LogP contribution >= 0.6 is 0 Å². The average Bonchev–Trinajstić information content (AvgIpc) is 2.76. The largest absolute Gasteiger partial charge is 0.495 e. The summed E-state index contributed by atoms with van der Waals surface area (Å²) < 4.78 is 5.27. The molecule has 118 valence electrons. The summed E-state index contributed by atoms with van der Waals surface area (Å²) in [6, 6.07) is 7.49. The monoisotopic (exact) mass is 302 g/mol. The van der Waals surface area contributed by atoms with Crippen molar-refractivity contribution in [3.8, 4) is 5.75 Å². The van der Waals surface area contributed by atoms with Gasteiger partial charge in [0.05, 0.1) is 31.3 Å². The van der Waals surface area contributed by atoms with Crippen molar-refractivity contribution in [2.24, 2.45) is 17.8 Å². The fourth-order valence-electron chi connectivity index (χ4n) is 3.57. The van der Waals surface area contributed by atoms with Crippen molar-refractivity contribution < 1.29 is 14.3 Å². The smallest absolute Gasteiger partial charge is 0.234 e. The highest BCUT2D eigenvalue weighted by molar-refractivity contribution is 6.05. The highest BCUT2D eigenvalue weighted by atomic mass is 16.5. The number of carbonyl (C=O) groups is 2. The van der Waals surface area contributed by atoms with Gasteiger partial charge >= 0.3 is 0 Å². The molecular weight excluding hydrogens is 280 g/mol. The number of benzene rings is 1. The molecule has 5 heteroatoms. The third-order valence-electron chi connectivity index (χ3n) is 4.81. The third kappa shape index (κ3) is 2.56. The van der Waals surface area contributed by atoms with Crippen molar-refractivity contribution in [1.29, 1.82) is 0 Å². The molecule has 1 aromatic rings. The van der Waals surface area contributed by atoms with Crippen LogP contribution in [0.3, 0.4) is 0 Å². The number of nitrogens with zero attached hydrogens (tertiary/aromatic N) is 1. The predicted molar refractivity (Wildman–Crippen MR) is 83.3 cm³/mol. The minimum atomic E-state index is -0.115. The lowest BCUT2D eigenvalue weighted by molar-refractivity contribution is -0.139. The second-order valence-corrected chi connectivity index (χ2v) is 6.27. The maximum atomic E-state index is 12.5. The zero-order valence-corrected chi connectivity index (χ0v) is 13.0. The number of carbonyl (C=O) groups excluding carboxylic acids is 2. The Balaban J connectivity index is 1.70. The van der Waals surface area contributed by atoms with Crippen LogP contribution in [0.2, 0.25) is 0 Å². The van der Waals surface area contributed by atoms with Crippen LogP contribution in [-0.2, 0) is 9.59 Å². The van der Waals surface area contributed by atoms with Crippen molar-refractivity contribution in [1.82, 2.24) is 4.90 Å². The van der Waals surface area contributed by atoms with Gasteiger partial charge in [0.1, 0.15) is 5.75 Å². The second kappa shape index (κ2) is 5.99. The van der Waals surface area contributed by atoms with Gasteiger partial charge in [-0.2, -0.15) is 0 Å². The maximum Gasteiger partial charge on any atom is 0.234 e. The Labute approximate surface area is 130 Å². The highest BCUT2D eigenvalue weighted by Crippen LogP contribution is 2.40. The van der Waals surface area contributed by atoms with E-state index in [9.17, 15) is 9.59 Å². The number of hydrogen-bond donors (Lipinski definition) is 1.